The van der Waals surface area contributed by atoms with Crippen LogP contribution in [0, 0.1) is 5.92 Å². The van der Waals surface area contributed by atoms with Gasteiger partial charge in [-0.15, -0.1) is 0 Å². The highest BCUT2D eigenvalue weighted by Gasteiger charge is 2.11. The van der Waals surface area contributed by atoms with Gasteiger partial charge in [0, 0.05) is 33.9 Å². The van der Waals surface area contributed by atoms with Crippen molar-refractivity contribution in [1.82, 2.24) is 4.90 Å². The maximum absolute atomic E-state index is 10.4. The second kappa shape index (κ2) is 11.6. The molecule has 0 saturated carbocycles. The van der Waals surface area contributed by atoms with Crippen molar-refractivity contribution in [3.8, 4) is 0 Å². The van der Waals surface area contributed by atoms with Crippen LogP contribution in [-0.2, 0) is 15.9 Å². The molecule has 0 radical (unpaired) electrons. The van der Waals surface area contributed by atoms with Gasteiger partial charge in [0.1, 0.15) is 0 Å². The predicted molar refractivity (Wildman–Crippen MR) is 94.8 cm³/mol. The number of aliphatic hydroxyl groups excluding tert-OH is 1. The Labute approximate surface area is 141 Å². The molecule has 4 heteroatoms. The van der Waals surface area contributed by atoms with Gasteiger partial charge in [-0.2, -0.15) is 0 Å². The summed E-state index contributed by atoms with van der Waals surface area (Å²) in [4.78, 5) is 2.27. The zero-order valence-electron chi connectivity index (χ0n) is 15.1. The zero-order valence-corrected chi connectivity index (χ0v) is 15.1. The summed E-state index contributed by atoms with van der Waals surface area (Å²) in [5.41, 5.74) is 2.33. The molecule has 0 bridgehead atoms. The summed E-state index contributed by atoms with van der Waals surface area (Å²) < 4.78 is 10.3. The van der Waals surface area contributed by atoms with Gasteiger partial charge in [-0.3, -0.25) is 4.90 Å². The minimum absolute atomic E-state index is 0.421. The van der Waals surface area contributed by atoms with E-state index in [1.54, 1.807) is 14.2 Å². The number of ether oxygens (including phenoxy) is 2. The Balaban J connectivity index is 2.47. The van der Waals surface area contributed by atoms with Crippen molar-refractivity contribution in [1.29, 1.82) is 0 Å². The van der Waals surface area contributed by atoms with Gasteiger partial charge in [0.15, 0.2) is 0 Å². The summed E-state index contributed by atoms with van der Waals surface area (Å²) in [6.07, 6.45) is 1.38. The Morgan fingerprint density at radius 1 is 0.957 bits per heavy atom. The van der Waals surface area contributed by atoms with Crippen molar-refractivity contribution >= 4 is 0 Å². The van der Waals surface area contributed by atoms with Crippen LogP contribution in [0.2, 0.25) is 0 Å². The Kier molecular flexibility index (Phi) is 10.1. The van der Waals surface area contributed by atoms with Gasteiger partial charge in [0.05, 0.1) is 19.3 Å². The average Bonchev–Trinajstić information content (AvgIpc) is 2.54. The minimum Gasteiger partial charge on any atom is -0.388 e. The van der Waals surface area contributed by atoms with E-state index in [-0.39, 0.29) is 0 Å². The predicted octanol–water partition coefficient (Wildman–Crippen LogP) is 2.90. The molecule has 0 saturated heterocycles. The van der Waals surface area contributed by atoms with Crippen molar-refractivity contribution in [2.24, 2.45) is 5.92 Å². The first-order valence-electron chi connectivity index (χ1n) is 8.54. The Hall–Kier alpha value is -0.940. The third-order valence-electron chi connectivity index (χ3n) is 3.95. The van der Waals surface area contributed by atoms with E-state index in [2.05, 4.69) is 43.0 Å². The van der Waals surface area contributed by atoms with Gasteiger partial charge < -0.3 is 14.6 Å². The molecule has 1 N–H and O–H groups in total. The molecule has 0 fully saturated rings. The normalized spacial score (nSPS) is 13.0. The van der Waals surface area contributed by atoms with Crippen LogP contribution in [0.4, 0.5) is 0 Å². The van der Waals surface area contributed by atoms with Gasteiger partial charge in [-0.25, -0.2) is 0 Å². The molecule has 0 aromatic heterocycles. The molecule has 0 amide bonds. The van der Waals surface area contributed by atoms with Crippen LogP contribution in [0.1, 0.15) is 37.5 Å². The SMILES string of the molecule is COCCN(CCOC)CCC(O)c1ccc(CC(C)C)cc1. The van der Waals surface area contributed by atoms with E-state index >= 15 is 0 Å². The number of hydrogen-bond donors (Lipinski definition) is 1. The number of rotatable bonds is 12. The van der Waals surface area contributed by atoms with Crippen LogP contribution in [0.25, 0.3) is 0 Å². The Morgan fingerprint density at radius 3 is 2.00 bits per heavy atom. The monoisotopic (exact) mass is 323 g/mol. The molecule has 23 heavy (non-hydrogen) atoms. The quantitative estimate of drug-likeness (QED) is 0.642. The first-order valence-corrected chi connectivity index (χ1v) is 8.54. The molecule has 1 aromatic carbocycles. The molecule has 132 valence electrons. The first-order chi connectivity index (χ1) is 11.1. The minimum atomic E-state index is -0.421. The topological polar surface area (TPSA) is 41.9 Å². The summed E-state index contributed by atoms with van der Waals surface area (Å²) in [6.45, 7) is 8.39. The molecule has 0 aliphatic carbocycles. The van der Waals surface area contributed by atoms with Crippen molar-refractivity contribution < 1.29 is 14.6 Å². The van der Waals surface area contributed by atoms with Crippen molar-refractivity contribution in [2.45, 2.75) is 32.8 Å². The molecule has 0 heterocycles. The lowest BCUT2D eigenvalue weighted by Crippen LogP contribution is -2.32. The Bertz CT molecular complexity index is 398. The molecular weight excluding hydrogens is 290 g/mol. The highest BCUT2D eigenvalue weighted by molar-refractivity contribution is 5.24. The van der Waals surface area contributed by atoms with Crippen molar-refractivity contribution in [3.63, 3.8) is 0 Å². The van der Waals surface area contributed by atoms with E-state index in [1.807, 2.05) is 0 Å². The molecule has 1 unspecified atom stereocenters. The van der Waals surface area contributed by atoms with Crippen LogP contribution in [0.15, 0.2) is 24.3 Å². The standard InChI is InChI=1S/C19H33NO3/c1-16(2)15-17-5-7-18(8-6-17)19(21)9-10-20(11-13-22-3)12-14-23-4/h5-8,16,19,21H,9-15H2,1-4H3. The van der Waals surface area contributed by atoms with E-state index in [0.717, 1.165) is 38.0 Å². The van der Waals surface area contributed by atoms with Crippen molar-refractivity contribution in [2.75, 3.05) is 47.1 Å². The van der Waals surface area contributed by atoms with E-state index in [1.165, 1.54) is 5.56 Å². The van der Waals surface area contributed by atoms with Gasteiger partial charge in [-0.1, -0.05) is 38.1 Å². The third kappa shape index (κ3) is 8.47. The van der Waals surface area contributed by atoms with Gasteiger partial charge in [0.2, 0.25) is 0 Å². The summed E-state index contributed by atoms with van der Waals surface area (Å²) in [5.74, 6) is 0.654. The molecule has 4 nitrogen and oxygen atoms in total. The molecule has 1 atom stereocenters. The van der Waals surface area contributed by atoms with Gasteiger partial charge in [-0.05, 0) is 29.9 Å². The van der Waals surface area contributed by atoms with E-state index in [0.29, 0.717) is 19.1 Å². The number of nitrogens with zero attached hydrogens (tertiary/aromatic N) is 1. The zero-order chi connectivity index (χ0) is 17.1. The molecule has 1 rings (SSSR count). The van der Waals surface area contributed by atoms with Crippen LogP contribution >= 0.6 is 0 Å². The summed E-state index contributed by atoms with van der Waals surface area (Å²) >= 11 is 0. The van der Waals surface area contributed by atoms with Gasteiger partial charge >= 0.3 is 0 Å². The molecule has 0 spiro atoms. The fraction of sp³-hybridized carbons (Fsp3) is 0.684. The highest BCUT2D eigenvalue weighted by Crippen LogP contribution is 2.19. The summed E-state index contributed by atoms with van der Waals surface area (Å²) in [7, 11) is 3.42. The number of aliphatic hydroxyl groups is 1. The fourth-order valence-electron chi connectivity index (χ4n) is 2.59. The molecule has 0 aliphatic heterocycles. The lowest BCUT2D eigenvalue weighted by Gasteiger charge is -2.23. The molecular formula is C19H33NO3. The van der Waals surface area contributed by atoms with E-state index < -0.39 is 6.10 Å². The van der Waals surface area contributed by atoms with E-state index in [4.69, 9.17) is 9.47 Å². The smallest absolute Gasteiger partial charge is 0.0802 e. The second-order valence-corrected chi connectivity index (χ2v) is 6.47. The largest absolute Gasteiger partial charge is 0.388 e. The second-order valence-electron chi connectivity index (χ2n) is 6.47. The van der Waals surface area contributed by atoms with Crippen molar-refractivity contribution in [3.05, 3.63) is 35.4 Å². The van der Waals surface area contributed by atoms with Crippen LogP contribution < -0.4 is 0 Å². The number of hydrogen-bond acceptors (Lipinski definition) is 4. The molecule has 1 aromatic rings. The van der Waals surface area contributed by atoms with E-state index in [9.17, 15) is 5.11 Å². The van der Waals surface area contributed by atoms with Gasteiger partial charge in [0.25, 0.3) is 0 Å². The lowest BCUT2D eigenvalue weighted by atomic mass is 9.99. The third-order valence-corrected chi connectivity index (χ3v) is 3.95. The summed E-state index contributed by atoms with van der Waals surface area (Å²) in [6, 6.07) is 8.37. The average molecular weight is 323 g/mol. The van der Waals surface area contributed by atoms with Crippen LogP contribution in [0.3, 0.4) is 0 Å². The summed E-state index contributed by atoms with van der Waals surface area (Å²) in [5, 5.41) is 10.4. The molecule has 0 aliphatic rings. The van der Waals surface area contributed by atoms with Crippen LogP contribution in [0.5, 0.6) is 0 Å². The number of methoxy groups -OCH3 is 2. The lowest BCUT2D eigenvalue weighted by molar-refractivity contribution is 0.0945. The fourth-order valence-corrected chi connectivity index (χ4v) is 2.59. The Morgan fingerprint density at radius 2 is 1.52 bits per heavy atom. The maximum atomic E-state index is 10.4. The highest BCUT2D eigenvalue weighted by atomic mass is 16.5. The van der Waals surface area contributed by atoms with Crippen LogP contribution in [-0.4, -0.2) is 57.1 Å². The first kappa shape index (κ1) is 20.1. The maximum Gasteiger partial charge on any atom is 0.0802 e. The number of benzene rings is 1.